The Morgan fingerprint density at radius 2 is 0.321 bits per heavy atom. The van der Waals surface area contributed by atoms with Gasteiger partial charge in [0.25, 0.3) is 0 Å². The number of hydrogen-bond acceptors (Lipinski definition) is 1. The zero-order chi connectivity index (χ0) is 43.4. The molecule has 0 saturated carbocycles. The van der Waals surface area contributed by atoms with Gasteiger partial charge in [-0.05, 0) is 35.4 Å². The summed E-state index contributed by atoms with van der Waals surface area (Å²) in [5.74, 6) is 1.74. The lowest BCUT2D eigenvalue weighted by Gasteiger charge is -2.03. The van der Waals surface area contributed by atoms with E-state index in [0.717, 1.165) is 11.5 Å². The van der Waals surface area contributed by atoms with Gasteiger partial charge in [0.1, 0.15) is 11.5 Å². The Morgan fingerprint density at radius 1 is 0.189 bits per heavy atom. The van der Waals surface area contributed by atoms with Crippen LogP contribution in [0.5, 0.6) is 11.5 Å². The van der Waals surface area contributed by atoms with Crippen LogP contribution >= 0.6 is 0 Å². The van der Waals surface area contributed by atoms with Gasteiger partial charge in [-0.2, -0.15) is 0 Å². The molecule has 1 heteroatoms. The summed E-state index contributed by atoms with van der Waals surface area (Å²) >= 11 is 0. The van der Waals surface area contributed by atoms with Crippen LogP contribution in [-0.2, 0) is 0 Å². The molecule has 0 aliphatic carbocycles. The summed E-state index contributed by atoms with van der Waals surface area (Å²) in [4.78, 5) is 0. The first-order valence-corrected chi connectivity index (χ1v) is 21.3. The molecule has 0 aliphatic heterocycles. The predicted molar refractivity (Wildman–Crippen MR) is 256 cm³/mol. The van der Waals surface area contributed by atoms with Crippen LogP contribution in [0.25, 0.3) is 11.1 Å². The zero-order valence-electron chi connectivity index (χ0n) is 39.4. The van der Waals surface area contributed by atoms with E-state index in [9.17, 15) is 0 Å². The highest BCUT2D eigenvalue weighted by Gasteiger charge is 1.93. The van der Waals surface area contributed by atoms with Crippen LogP contribution in [0.15, 0.2) is 158 Å². The minimum absolute atomic E-state index is 0.869. The lowest BCUT2D eigenvalue weighted by atomic mass is 10.1. The van der Waals surface area contributed by atoms with Gasteiger partial charge < -0.3 is 4.74 Å². The highest BCUT2D eigenvalue weighted by atomic mass is 16.5. The van der Waals surface area contributed by atoms with Crippen molar-refractivity contribution in [3.8, 4) is 22.6 Å². The van der Waals surface area contributed by atoms with Crippen LogP contribution in [-0.4, -0.2) is 0 Å². The Labute approximate surface area is 336 Å². The van der Waals surface area contributed by atoms with Gasteiger partial charge in [-0.25, -0.2) is 0 Å². The van der Waals surface area contributed by atoms with E-state index in [1.54, 1.807) is 0 Å². The van der Waals surface area contributed by atoms with E-state index in [1.165, 1.54) is 11.1 Å². The molecular formula is C52H92O. The summed E-state index contributed by atoms with van der Waals surface area (Å²) in [6.07, 6.45) is 0. The lowest BCUT2D eigenvalue weighted by molar-refractivity contribution is 0.482. The third-order valence-corrected chi connectivity index (χ3v) is 4.27. The zero-order valence-corrected chi connectivity index (χ0v) is 39.4. The maximum atomic E-state index is 5.58. The molecule has 0 N–H and O–H groups in total. The summed E-state index contributed by atoms with van der Waals surface area (Å²) in [5, 5.41) is 0. The Bertz CT molecular complexity index is 961. The Morgan fingerprint density at radius 3 is 0.491 bits per heavy atom. The second-order valence-corrected chi connectivity index (χ2v) is 6.61. The summed E-state index contributed by atoms with van der Waals surface area (Å²) in [5.41, 5.74) is 2.55. The van der Waals surface area contributed by atoms with Crippen molar-refractivity contribution in [3.05, 3.63) is 158 Å². The van der Waals surface area contributed by atoms with Crippen LogP contribution in [0.1, 0.15) is 152 Å². The van der Waals surface area contributed by atoms with Crippen molar-refractivity contribution in [2.45, 2.75) is 152 Å². The molecule has 0 spiro atoms. The molecule has 0 bridgehead atoms. The molecular weight excluding hydrogens is 641 g/mol. The van der Waals surface area contributed by atoms with Gasteiger partial charge >= 0.3 is 0 Å². The maximum Gasteiger partial charge on any atom is 0.127 e. The largest absolute Gasteiger partial charge is 0.457 e. The average Bonchev–Trinajstić information content (AvgIpc) is 3.33. The molecule has 5 aromatic carbocycles. The number of ether oxygens (including phenoxy) is 1. The fourth-order valence-electron chi connectivity index (χ4n) is 2.76. The van der Waals surface area contributed by atoms with Crippen molar-refractivity contribution in [2.75, 3.05) is 0 Å². The quantitative estimate of drug-likeness (QED) is 0.179. The van der Waals surface area contributed by atoms with Crippen molar-refractivity contribution in [3.63, 3.8) is 0 Å². The fraction of sp³-hybridized carbons (Fsp3) is 0.423. The van der Waals surface area contributed by atoms with E-state index in [0.29, 0.717) is 0 Å². The van der Waals surface area contributed by atoms with Gasteiger partial charge in [0, 0.05) is 0 Å². The number of rotatable bonds is 3. The van der Waals surface area contributed by atoms with Crippen molar-refractivity contribution in [2.24, 2.45) is 0 Å². The molecule has 0 radical (unpaired) electrons. The Hall–Kier alpha value is -4.10. The molecule has 0 atom stereocenters. The second-order valence-electron chi connectivity index (χ2n) is 6.61. The number of para-hydroxylation sites is 2. The molecule has 306 valence electrons. The third-order valence-electron chi connectivity index (χ3n) is 4.27. The minimum atomic E-state index is 0.869. The van der Waals surface area contributed by atoms with Gasteiger partial charge in [0.2, 0.25) is 0 Å². The smallest absolute Gasteiger partial charge is 0.127 e. The monoisotopic (exact) mass is 733 g/mol. The molecule has 0 aromatic heterocycles. The summed E-state index contributed by atoms with van der Waals surface area (Å²) < 4.78 is 5.58. The first-order chi connectivity index (χ1) is 26.4. The molecule has 5 aromatic rings. The summed E-state index contributed by atoms with van der Waals surface area (Å²) in [6, 6.07) is 52.3. The van der Waals surface area contributed by atoms with E-state index in [4.69, 9.17) is 4.74 Å². The van der Waals surface area contributed by atoms with Crippen molar-refractivity contribution < 1.29 is 4.74 Å². The van der Waals surface area contributed by atoms with Crippen LogP contribution in [0.3, 0.4) is 0 Å². The van der Waals surface area contributed by atoms with E-state index in [2.05, 4.69) is 48.5 Å². The highest BCUT2D eigenvalue weighted by molar-refractivity contribution is 5.62. The summed E-state index contributed by atoms with van der Waals surface area (Å²) in [7, 11) is 0. The normalized spacial score (nSPS) is 6.68. The van der Waals surface area contributed by atoms with Gasteiger partial charge in [-0.3, -0.25) is 0 Å². The molecule has 53 heavy (non-hydrogen) atoms. The Kier molecular flexibility index (Phi) is 115. The van der Waals surface area contributed by atoms with Crippen LogP contribution < -0.4 is 4.74 Å². The van der Waals surface area contributed by atoms with Crippen molar-refractivity contribution in [1.29, 1.82) is 0 Å². The maximum absolute atomic E-state index is 5.58. The first-order valence-electron chi connectivity index (χ1n) is 21.3. The van der Waals surface area contributed by atoms with Gasteiger partial charge in [0.15, 0.2) is 0 Å². The van der Waals surface area contributed by atoms with E-state index in [-0.39, 0.29) is 0 Å². The fourth-order valence-corrected chi connectivity index (χ4v) is 2.76. The molecule has 0 aliphatic rings. The van der Waals surface area contributed by atoms with E-state index in [1.807, 2.05) is 262 Å². The number of benzene rings is 5. The van der Waals surface area contributed by atoms with Gasteiger partial charge in [-0.1, -0.05) is 286 Å². The molecule has 0 saturated heterocycles. The summed E-state index contributed by atoms with van der Waals surface area (Å²) in [6.45, 7) is 44.0. The molecule has 5 rings (SSSR count). The number of hydrogen-bond donors (Lipinski definition) is 0. The average molecular weight is 733 g/mol. The standard InChI is InChI=1S/C12H10O.C12H10.C6H6.11C2H6/c1-3-7-11(8-4-1)13-12-9-5-2-6-10-12;1-3-7-11(8-4-1)12-9-5-2-6-10-12;1-2-4-6-5-3-1;11*1-2/h1-10H;1-10H;1-6H;11*1-2H3. The Balaban J connectivity index is -0.0000000635. The van der Waals surface area contributed by atoms with E-state index >= 15 is 0 Å². The third kappa shape index (κ3) is 57.5. The van der Waals surface area contributed by atoms with Crippen LogP contribution in [0, 0.1) is 0 Å². The van der Waals surface area contributed by atoms with Gasteiger partial charge in [0.05, 0.1) is 0 Å². The minimum Gasteiger partial charge on any atom is -0.457 e. The van der Waals surface area contributed by atoms with Gasteiger partial charge in [-0.15, -0.1) is 0 Å². The SMILES string of the molecule is CC.CC.CC.CC.CC.CC.CC.CC.CC.CC.CC.c1ccc(-c2ccccc2)cc1.c1ccc(Oc2ccccc2)cc1.c1ccccc1. The second kappa shape index (κ2) is 86.5. The lowest BCUT2D eigenvalue weighted by Crippen LogP contribution is -1.81. The van der Waals surface area contributed by atoms with Crippen molar-refractivity contribution in [1.82, 2.24) is 0 Å². The van der Waals surface area contributed by atoms with E-state index < -0.39 is 0 Å². The van der Waals surface area contributed by atoms with Crippen molar-refractivity contribution >= 4 is 0 Å². The molecule has 0 fully saturated rings. The molecule has 1 nitrogen and oxygen atoms in total. The molecule has 0 unspecified atom stereocenters. The predicted octanol–water partition coefficient (Wildman–Crippen LogP) is 19.8. The molecule has 0 heterocycles. The first kappa shape index (κ1) is 70.5. The topological polar surface area (TPSA) is 9.23 Å². The molecule has 0 amide bonds. The highest BCUT2D eigenvalue weighted by Crippen LogP contribution is 2.19. The van der Waals surface area contributed by atoms with Crippen LogP contribution in [0.2, 0.25) is 0 Å². The van der Waals surface area contributed by atoms with Crippen LogP contribution in [0.4, 0.5) is 0 Å².